The van der Waals surface area contributed by atoms with Crippen LogP contribution in [0.4, 0.5) is 5.69 Å². The van der Waals surface area contributed by atoms with E-state index in [0.717, 1.165) is 35.2 Å². The molecule has 1 heterocycles. The number of aromatic nitrogens is 2. The summed E-state index contributed by atoms with van der Waals surface area (Å²) in [4.78, 5) is 19.1. The van der Waals surface area contributed by atoms with Crippen molar-refractivity contribution in [2.24, 2.45) is 0 Å². The van der Waals surface area contributed by atoms with Crippen LogP contribution in [0.15, 0.2) is 48.8 Å². The smallest absolute Gasteiger partial charge is 0.252 e. The van der Waals surface area contributed by atoms with Gasteiger partial charge in [0.15, 0.2) is 0 Å². The Bertz CT molecular complexity index is 882. The summed E-state index contributed by atoms with van der Waals surface area (Å²) in [7, 11) is 4.02. The SMILES string of the molecule is CCCn1ccnc1CNC(=O)c1ccc(N(C)C)c2ccccc12. The molecule has 1 N–H and O–H groups in total. The Hall–Kier alpha value is -2.82. The van der Waals surface area contributed by atoms with Gasteiger partial charge in [0.2, 0.25) is 0 Å². The second-order valence-corrected chi connectivity index (χ2v) is 6.29. The number of imidazole rings is 1. The summed E-state index contributed by atoms with van der Waals surface area (Å²) < 4.78 is 2.08. The first-order chi connectivity index (χ1) is 12.1. The lowest BCUT2D eigenvalue weighted by Gasteiger charge is -2.17. The van der Waals surface area contributed by atoms with Gasteiger partial charge in [0.25, 0.3) is 5.91 Å². The molecule has 0 saturated heterocycles. The second-order valence-electron chi connectivity index (χ2n) is 6.29. The first kappa shape index (κ1) is 17.0. The predicted molar refractivity (Wildman–Crippen MR) is 102 cm³/mol. The van der Waals surface area contributed by atoms with Crippen molar-refractivity contribution >= 4 is 22.4 Å². The van der Waals surface area contributed by atoms with Gasteiger partial charge in [-0.2, -0.15) is 0 Å². The average molecular weight is 336 g/mol. The van der Waals surface area contributed by atoms with Crippen LogP contribution in [-0.4, -0.2) is 29.6 Å². The molecule has 0 saturated carbocycles. The van der Waals surface area contributed by atoms with Crippen LogP contribution in [0.3, 0.4) is 0 Å². The molecular weight excluding hydrogens is 312 g/mol. The number of aryl methyl sites for hydroxylation is 1. The first-order valence-electron chi connectivity index (χ1n) is 8.59. The highest BCUT2D eigenvalue weighted by Gasteiger charge is 2.13. The molecule has 0 atom stereocenters. The molecule has 130 valence electrons. The summed E-state index contributed by atoms with van der Waals surface area (Å²) in [5.74, 6) is 0.803. The Labute approximate surface area is 148 Å². The summed E-state index contributed by atoms with van der Waals surface area (Å²) in [5.41, 5.74) is 1.79. The van der Waals surface area contributed by atoms with E-state index in [1.807, 2.05) is 50.6 Å². The molecule has 1 amide bonds. The van der Waals surface area contributed by atoms with Crippen LogP contribution in [0.2, 0.25) is 0 Å². The van der Waals surface area contributed by atoms with Crippen LogP contribution in [-0.2, 0) is 13.1 Å². The maximum atomic E-state index is 12.7. The number of nitrogens with one attached hydrogen (secondary N) is 1. The lowest BCUT2D eigenvalue weighted by molar-refractivity contribution is 0.0951. The fraction of sp³-hybridized carbons (Fsp3) is 0.300. The topological polar surface area (TPSA) is 50.2 Å². The number of carbonyl (C=O) groups is 1. The fourth-order valence-corrected chi connectivity index (χ4v) is 3.08. The number of hydrogen-bond donors (Lipinski definition) is 1. The number of hydrogen-bond acceptors (Lipinski definition) is 3. The summed E-state index contributed by atoms with van der Waals surface area (Å²) in [6.07, 6.45) is 4.76. The molecule has 0 aliphatic carbocycles. The number of benzene rings is 2. The quantitative estimate of drug-likeness (QED) is 0.750. The molecule has 0 fully saturated rings. The Morgan fingerprint density at radius 1 is 1.16 bits per heavy atom. The molecule has 0 unspecified atom stereocenters. The zero-order valence-corrected chi connectivity index (χ0v) is 15.0. The summed E-state index contributed by atoms with van der Waals surface area (Å²) >= 11 is 0. The Morgan fingerprint density at radius 3 is 2.64 bits per heavy atom. The molecule has 2 aromatic carbocycles. The van der Waals surface area contributed by atoms with Gasteiger partial charge in [0.1, 0.15) is 5.82 Å². The third-order valence-corrected chi connectivity index (χ3v) is 4.30. The van der Waals surface area contributed by atoms with E-state index < -0.39 is 0 Å². The number of anilines is 1. The van der Waals surface area contributed by atoms with E-state index in [2.05, 4.69) is 32.8 Å². The van der Waals surface area contributed by atoms with Crippen molar-refractivity contribution in [3.8, 4) is 0 Å². The van der Waals surface area contributed by atoms with Crippen LogP contribution in [0.5, 0.6) is 0 Å². The highest BCUT2D eigenvalue weighted by Crippen LogP contribution is 2.28. The van der Waals surface area contributed by atoms with Crippen LogP contribution in [0, 0.1) is 0 Å². The van der Waals surface area contributed by atoms with Crippen molar-refractivity contribution in [2.75, 3.05) is 19.0 Å². The van der Waals surface area contributed by atoms with Crippen molar-refractivity contribution in [3.05, 3.63) is 60.2 Å². The van der Waals surface area contributed by atoms with E-state index >= 15 is 0 Å². The molecule has 5 nitrogen and oxygen atoms in total. The van der Waals surface area contributed by atoms with Crippen LogP contribution in [0.1, 0.15) is 29.5 Å². The number of amides is 1. The lowest BCUT2D eigenvalue weighted by atomic mass is 10.0. The molecule has 3 aromatic rings. The van der Waals surface area contributed by atoms with Crippen LogP contribution < -0.4 is 10.2 Å². The molecule has 0 spiro atoms. The summed E-state index contributed by atoms with van der Waals surface area (Å²) in [6.45, 7) is 3.46. The van der Waals surface area contributed by atoms with Gasteiger partial charge < -0.3 is 14.8 Å². The first-order valence-corrected chi connectivity index (χ1v) is 8.59. The molecule has 5 heteroatoms. The van der Waals surface area contributed by atoms with E-state index in [9.17, 15) is 4.79 Å². The van der Waals surface area contributed by atoms with E-state index in [-0.39, 0.29) is 5.91 Å². The zero-order chi connectivity index (χ0) is 17.8. The van der Waals surface area contributed by atoms with Gasteiger partial charge in [-0.1, -0.05) is 31.2 Å². The van der Waals surface area contributed by atoms with Crippen molar-refractivity contribution in [3.63, 3.8) is 0 Å². The highest BCUT2D eigenvalue weighted by molar-refractivity contribution is 6.10. The maximum absolute atomic E-state index is 12.7. The average Bonchev–Trinajstić information content (AvgIpc) is 3.06. The Morgan fingerprint density at radius 2 is 1.92 bits per heavy atom. The van der Waals surface area contributed by atoms with Gasteiger partial charge in [-0.15, -0.1) is 0 Å². The third-order valence-electron chi connectivity index (χ3n) is 4.30. The molecule has 0 aliphatic heterocycles. The van der Waals surface area contributed by atoms with Crippen LogP contribution in [0.25, 0.3) is 10.8 Å². The van der Waals surface area contributed by atoms with E-state index in [1.54, 1.807) is 6.20 Å². The minimum absolute atomic E-state index is 0.0763. The molecule has 0 bridgehead atoms. The number of nitrogens with zero attached hydrogens (tertiary/aromatic N) is 3. The minimum Gasteiger partial charge on any atom is -0.377 e. The summed E-state index contributed by atoms with van der Waals surface area (Å²) in [6, 6.07) is 11.9. The zero-order valence-electron chi connectivity index (χ0n) is 15.0. The number of rotatable bonds is 6. The minimum atomic E-state index is -0.0763. The lowest BCUT2D eigenvalue weighted by Crippen LogP contribution is -2.25. The Kier molecular flexibility index (Phi) is 5.03. The fourth-order valence-electron chi connectivity index (χ4n) is 3.08. The third kappa shape index (κ3) is 3.50. The predicted octanol–water partition coefficient (Wildman–Crippen LogP) is 3.44. The standard InChI is InChI=1S/C20H24N4O/c1-4-12-24-13-11-21-19(24)14-22-20(25)17-9-10-18(23(2)3)16-8-6-5-7-15(16)17/h5-11,13H,4,12,14H2,1-3H3,(H,22,25). The Balaban J connectivity index is 1.85. The normalized spacial score (nSPS) is 10.8. The van der Waals surface area contributed by atoms with E-state index in [0.29, 0.717) is 12.1 Å². The second kappa shape index (κ2) is 7.38. The molecular formula is C20H24N4O. The van der Waals surface area contributed by atoms with Crippen molar-refractivity contribution in [2.45, 2.75) is 26.4 Å². The highest BCUT2D eigenvalue weighted by atomic mass is 16.1. The van der Waals surface area contributed by atoms with Crippen molar-refractivity contribution < 1.29 is 4.79 Å². The monoisotopic (exact) mass is 336 g/mol. The molecule has 1 aromatic heterocycles. The van der Waals surface area contributed by atoms with Gasteiger partial charge in [-0.3, -0.25) is 4.79 Å². The maximum Gasteiger partial charge on any atom is 0.252 e. The molecule has 0 radical (unpaired) electrons. The molecule has 25 heavy (non-hydrogen) atoms. The van der Waals surface area contributed by atoms with Crippen LogP contribution >= 0.6 is 0 Å². The van der Waals surface area contributed by atoms with Gasteiger partial charge in [-0.05, 0) is 23.9 Å². The number of fused-ring (bicyclic) bond motifs is 1. The molecule has 0 aliphatic rings. The van der Waals surface area contributed by atoms with Crippen molar-refractivity contribution in [1.82, 2.24) is 14.9 Å². The van der Waals surface area contributed by atoms with Gasteiger partial charge >= 0.3 is 0 Å². The van der Waals surface area contributed by atoms with E-state index in [1.165, 1.54) is 0 Å². The van der Waals surface area contributed by atoms with Gasteiger partial charge in [0, 0.05) is 49.7 Å². The van der Waals surface area contributed by atoms with Gasteiger partial charge in [-0.25, -0.2) is 4.98 Å². The van der Waals surface area contributed by atoms with Crippen molar-refractivity contribution in [1.29, 1.82) is 0 Å². The molecule has 3 rings (SSSR count). The summed E-state index contributed by atoms with van der Waals surface area (Å²) in [5, 5.41) is 5.04. The number of carbonyl (C=O) groups excluding carboxylic acids is 1. The largest absolute Gasteiger partial charge is 0.377 e. The van der Waals surface area contributed by atoms with E-state index in [4.69, 9.17) is 0 Å². The van der Waals surface area contributed by atoms with Gasteiger partial charge in [0.05, 0.1) is 6.54 Å².